The van der Waals surface area contributed by atoms with E-state index in [0.29, 0.717) is 6.04 Å². The van der Waals surface area contributed by atoms with Gasteiger partial charge in [0.05, 0.1) is 19.3 Å². The summed E-state index contributed by atoms with van der Waals surface area (Å²) in [5.74, 6) is 1.14. The van der Waals surface area contributed by atoms with Crippen molar-refractivity contribution < 1.29 is 4.74 Å². The summed E-state index contributed by atoms with van der Waals surface area (Å²) in [6.45, 7) is 5.64. The molecule has 1 saturated heterocycles. The third-order valence-corrected chi connectivity index (χ3v) is 5.47. The fourth-order valence-electron chi connectivity index (χ4n) is 2.85. The molecule has 0 bridgehead atoms. The molecule has 2 heterocycles. The largest absolute Gasteiger partial charge is 0.379 e. The molecule has 2 N–H and O–H groups in total. The van der Waals surface area contributed by atoms with E-state index >= 15 is 0 Å². The maximum Gasteiger partial charge on any atom is 0.166 e. The molecule has 4 nitrogen and oxygen atoms in total. The number of thioether (sulfide) groups is 1. The summed E-state index contributed by atoms with van der Waals surface area (Å²) in [6.07, 6.45) is 1.12. The summed E-state index contributed by atoms with van der Waals surface area (Å²) >= 11 is 7.39. The van der Waals surface area contributed by atoms with Gasteiger partial charge in [0.1, 0.15) is 0 Å². The van der Waals surface area contributed by atoms with Crippen molar-refractivity contribution in [2.24, 2.45) is 0 Å². The first kappa shape index (κ1) is 16.1. The molecule has 120 valence electrons. The highest BCUT2D eigenvalue weighted by molar-refractivity contribution is 7.99. The third-order valence-electron chi connectivity index (χ3n) is 4.08. The molecule has 6 heteroatoms. The highest BCUT2D eigenvalue weighted by Gasteiger charge is 2.20. The lowest BCUT2D eigenvalue weighted by Crippen LogP contribution is -2.44. The minimum atomic E-state index is 0.334. The van der Waals surface area contributed by atoms with Gasteiger partial charge in [-0.05, 0) is 30.3 Å². The molecule has 0 aromatic heterocycles. The van der Waals surface area contributed by atoms with Crippen LogP contribution < -0.4 is 10.6 Å². The third kappa shape index (κ3) is 4.35. The second kappa shape index (κ2) is 8.15. The van der Waals surface area contributed by atoms with Crippen LogP contribution in [0.3, 0.4) is 0 Å². The lowest BCUT2D eigenvalue weighted by atomic mass is 10.0. The van der Waals surface area contributed by atoms with Crippen LogP contribution in [0.4, 0.5) is 0 Å². The molecular formula is C16H23N3OS2. The van der Waals surface area contributed by atoms with Crippen LogP contribution in [0.5, 0.6) is 0 Å². The van der Waals surface area contributed by atoms with E-state index < -0.39 is 0 Å². The Morgan fingerprint density at radius 3 is 3.00 bits per heavy atom. The van der Waals surface area contributed by atoms with Gasteiger partial charge in [0.25, 0.3) is 0 Å². The molecule has 0 spiro atoms. The number of hydrogen-bond donors (Lipinski definition) is 2. The topological polar surface area (TPSA) is 36.5 Å². The zero-order valence-corrected chi connectivity index (χ0v) is 14.3. The van der Waals surface area contributed by atoms with Crippen molar-refractivity contribution in [2.75, 3.05) is 45.1 Å². The number of thiocarbonyl (C=S) groups is 1. The van der Waals surface area contributed by atoms with E-state index in [9.17, 15) is 0 Å². The van der Waals surface area contributed by atoms with E-state index in [2.05, 4.69) is 39.8 Å². The van der Waals surface area contributed by atoms with Crippen molar-refractivity contribution in [3.05, 3.63) is 29.8 Å². The van der Waals surface area contributed by atoms with Crippen LogP contribution in [0.1, 0.15) is 18.0 Å². The average Bonchev–Trinajstić information content (AvgIpc) is 2.56. The van der Waals surface area contributed by atoms with E-state index in [1.54, 1.807) is 0 Å². The fourth-order valence-corrected chi connectivity index (χ4v) is 4.22. The summed E-state index contributed by atoms with van der Waals surface area (Å²) in [5.41, 5.74) is 1.37. The maximum atomic E-state index is 5.46. The normalized spacial score (nSPS) is 21.9. The highest BCUT2D eigenvalue weighted by Crippen LogP contribution is 2.35. The van der Waals surface area contributed by atoms with Crippen molar-refractivity contribution >= 4 is 29.1 Å². The predicted molar refractivity (Wildman–Crippen MR) is 95.5 cm³/mol. The number of hydrogen-bond acceptors (Lipinski definition) is 4. The van der Waals surface area contributed by atoms with Crippen LogP contribution in [0.15, 0.2) is 29.2 Å². The summed E-state index contributed by atoms with van der Waals surface area (Å²) in [7, 11) is 0. The minimum Gasteiger partial charge on any atom is -0.379 e. The van der Waals surface area contributed by atoms with Crippen molar-refractivity contribution in [3.8, 4) is 0 Å². The van der Waals surface area contributed by atoms with Gasteiger partial charge in [-0.15, -0.1) is 11.8 Å². The molecular weight excluding hydrogens is 314 g/mol. The summed E-state index contributed by atoms with van der Waals surface area (Å²) in [4.78, 5) is 3.79. The second-order valence-electron chi connectivity index (χ2n) is 5.58. The number of nitrogens with one attached hydrogen (secondary N) is 2. The quantitative estimate of drug-likeness (QED) is 0.819. The predicted octanol–water partition coefficient (Wildman–Crippen LogP) is 2.02. The molecule has 2 aliphatic heterocycles. The minimum absolute atomic E-state index is 0.334. The van der Waals surface area contributed by atoms with E-state index in [-0.39, 0.29) is 0 Å². The maximum absolute atomic E-state index is 5.46. The molecule has 1 aromatic carbocycles. The second-order valence-corrected chi connectivity index (χ2v) is 7.13. The highest BCUT2D eigenvalue weighted by atomic mass is 32.2. The van der Waals surface area contributed by atoms with Crippen LogP contribution in [0, 0.1) is 0 Å². The van der Waals surface area contributed by atoms with Gasteiger partial charge in [-0.1, -0.05) is 18.2 Å². The van der Waals surface area contributed by atoms with E-state index in [4.69, 9.17) is 17.0 Å². The van der Waals surface area contributed by atoms with Crippen LogP contribution >= 0.6 is 24.0 Å². The smallest absolute Gasteiger partial charge is 0.166 e. The van der Waals surface area contributed by atoms with Crippen molar-refractivity contribution in [3.63, 3.8) is 0 Å². The molecule has 1 fully saturated rings. The Balaban J connectivity index is 1.44. The lowest BCUT2D eigenvalue weighted by molar-refractivity contribution is 0.0389. The number of morpholine rings is 1. The zero-order valence-electron chi connectivity index (χ0n) is 12.7. The summed E-state index contributed by atoms with van der Waals surface area (Å²) < 4.78 is 5.36. The summed E-state index contributed by atoms with van der Waals surface area (Å²) in [6, 6.07) is 8.94. The molecule has 1 aromatic rings. The Kier molecular flexibility index (Phi) is 5.95. The fraction of sp³-hybridized carbons (Fsp3) is 0.562. The van der Waals surface area contributed by atoms with Gasteiger partial charge >= 0.3 is 0 Å². The Labute approximate surface area is 142 Å². The van der Waals surface area contributed by atoms with E-state index in [1.165, 1.54) is 10.5 Å². The Bertz CT molecular complexity index is 506. The van der Waals surface area contributed by atoms with Gasteiger partial charge in [-0.3, -0.25) is 4.90 Å². The molecule has 2 aliphatic rings. The zero-order chi connectivity index (χ0) is 15.2. The van der Waals surface area contributed by atoms with Crippen molar-refractivity contribution in [2.45, 2.75) is 17.4 Å². The van der Waals surface area contributed by atoms with Gasteiger partial charge in [-0.25, -0.2) is 0 Å². The first-order chi connectivity index (χ1) is 10.8. The van der Waals surface area contributed by atoms with Crippen LogP contribution in [0.2, 0.25) is 0 Å². The van der Waals surface area contributed by atoms with Gasteiger partial charge < -0.3 is 15.4 Å². The van der Waals surface area contributed by atoms with Crippen LogP contribution in [0.25, 0.3) is 0 Å². The molecule has 0 unspecified atom stereocenters. The van der Waals surface area contributed by atoms with Gasteiger partial charge in [-0.2, -0.15) is 0 Å². The van der Waals surface area contributed by atoms with Crippen molar-refractivity contribution in [1.82, 2.24) is 15.5 Å². The van der Waals surface area contributed by atoms with Crippen LogP contribution in [-0.2, 0) is 4.74 Å². The number of rotatable bonds is 4. The average molecular weight is 338 g/mol. The summed E-state index contributed by atoms with van der Waals surface area (Å²) in [5, 5.41) is 7.58. The Morgan fingerprint density at radius 1 is 1.32 bits per heavy atom. The van der Waals surface area contributed by atoms with Gasteiger partial charge in [0, 0.05) is 36.8 Å². The van der Waals surface area contributed by atoms with Crippen molar-refractivity contribution in [1.29, 1.82) is 0 Å². The number of ether oxygens (including phenoxy) is 1. The van der Waals surface area contributed by atoms with E-state index in [0.717, 1.165) is 56.7 Å². The van der Waals surface area contributed by atoms with Gasteiger partial charge in [0.2, 0.25) is 0 Å². The SMILES string of the molecule is S=C(NCCN1CCOCC1)N[C@@H]1CCSc2ccccc21. The molecule has 22 heavy (non-hydrogen) atoms. The standard InChI is InChI=1S/C16H23N3OS2/c21-16(17-6-7-19-8-10-20-11-9-19)18-14-5-12-22-15-4-2-1-3-13(14)15/h1-4,14H,5-12H2,(H2,17,18,21)/t14-/m1/s1. The Morgan fingerprint density at radius 2 is 2.14 bits per heavy atom. The number of nitrogens with zero attached hydrogens (tertiary/aromatic N) is 1. The van der Waals surface area contributed by atoms with Crippen LogP contribution in [-0.4, -0.2) is 55.2 Å². The Hall–Kier alpha value is -0.820. The molecule has 1 atom stereocenters. The molecule has 3 rings (SSSR count). The number of fused-ring (bicyclic) bond motifs is 1. The molecule has 0 saturated carbocycles. The molecule has 0 amide bonds. The first-order valence-corrected chi connectivity index (χ1v) is 9.28. The lowest BCUT2D eigenvalue weighted by Gasteiger charge is -2.28. The molecule has 0 aliphatic carbocycles. The first-order valence-electron chi connectivity index (χ1n) is 7.89. The number of benzene rings is 1. The van der Waals surface area contributed by atoms with E-state index in [1.807, 2.05) is 11.8 Å². The monoisotopic (exact) mass is 337 g/mol. The van der Waals surface area contributed by atoms with Gasteiger partial charge in [0.15, 0.2) is 5.11 Å². The molecule has 0 radical (unpaired) electrons.